The molecule has 8 heteroatoms. The topological polar surface area (TPSA) is 103 Å². The van der Waals surface area contributed by atoms with Crippen LogP contribution in [0, 0.1) is 10.1 Å². The molecule has 0 heterocycles. The van der Waals surface area contributed by atoms with Crippen LogP contribution in [0.25, 0.3) is 0 Å². The van der Waals surface area contributed by atoms with E-state index in [0.717, 1.165) is 18.4 Å². The zero-order valence-corrected chi connectivity index (χ0v) is 15.9. The summed E-state index contributed by atoms with van der Waals surface area (Å²) in [7, 11) is 0. The first-order valence-electron chi connectivity index (χ1n) is 9.02. The van der Waals surface area contributed by atoms with E-state index < -0.39 is 10.8 Å². The first-order valence-corrected chi connectivity index (χ1v) is 9.02. The van der Waals surface area contributed by atoms with Crippen LogP contribution in [0.15, 0.2) is 47.6 Å². The van der Waals surface area contributed by atoms with Crippen molar-refractivity contribution >= 4 is 17.8 Å². The van der Waals surface area contributed by atoms with E-state index in [-0.39, 0.29) is 11.3 Å². The minimum absolute atomic E-state index is 0.0789. The number of nitro groups is 1. The Kier molecular flexibility index (Phi) is 7.95. The molecule has 148 valence electrons. The Morgan fingerprint density at radius 2 is 1.89 bits per heavy atom. The normalized spacial score (nSPS) is 10.6. The Bertz CT molecular complexity index is 834. The predicted octanol–water partition coefficient (Wildman–Crippen LogP) is 3.94. The minimum atomic E-state index is -0.522. The molecule has 0 aliphatic rings. The SMILES string of the molecule is CCCCOc1ccc(C=NNC(=O)c2ccc([N+](=O)[O-])cc2)cc1OCC. The van der Waals surface area contributed by atoms with Crippen molar-refractivity contribution in [3.8, 4) is 11.5 Å². The highest BCUT2D eigenvalue weighted by molar-refractivity contribution is 5.95. The molecule has 0 fully saturated rings. The number of hydrogen-bond acceptors (Lipinski definition) is 6. The number of nitrogens with one attached hydrogen (secondary N) is 1. The van der Waals surface area contributed by atoms with E-state index in [2.05, 4.69) is 17.5 Å². The molecular weight excluding hydrogens is 362 g/mol. The predicted molar refractivity (Wildman–Crippen MR) is 106 cm³/mol. The molecule has 0 aliphatic heterocycles. The van der Waals surface area contributed by atoms with Crippen molar-refractivity contribution < 1.29 is 19.2 Å². The summed E-state index contributed by atoms with van der Waals surface area (Å²) >= 11 is 0. The van der Waals surface area contributed by atoms with Crippen molar-refractivity contribution in [2.24, 2.45) is 5.10 Å². The minimum Gasteiger partial charge on any atom is -0.490 e. The Balaban J connectivity index is 2.01. The van der Waals surface area contributed by atoms with Crippen molar-refractivity contribution in [1.29, 1.82) is 0 Å². The van der Waals surface area contributed by atoms with Crippen LogP contribution in [0.4, 0.5) is 5.69 Å². The standard InChI is InChI=1S/C20H23N3O5/c1-3-5-12-28-18-11-6-15(13-19(18)27-4-2)14-21-22-20(24)16-7-9-17(10-8-16)23(25)26/h6-11,13-14H,3-5,12H2,1-2H3,(H,22,24). The quantitative estimate of drug-likeness (QED) is 0.289. The second kappa shape index (κ2) is 10.7. The van der Waals surface area contributed by atoms with Gasteiger partial charge in [0.2, 0.25) is 0 Å². The number of hydrazone groups is 1. The molecule has 2 aromatic carbocycles. The molecule has 0 spiro atoms. The lowest BCUT2D eigenvalue weighted by molar-refractivity contribution is -0.384. The van der Waals surface area contributed by atoms with Gasteiger partial charge in [-0.2, -0.15) is 5.10 Å². The molecule has 2 aromatic rings. The second-order valence-corrected chi connectivity index (χ2v) is 5.84. The zero-order valence-electron chi connectivity index (χ0n) is 15.9. The summed E-state index contributed by atoms with van der Waals surface area (Å²) in [6, 6.07) is 10.7. The molecule has 0 saturated carbocycles. The van der Waals surface area contributed by atoms with Crippen LogP contribution in [-0.2, 0) is 0 Å². The van der Waals surface area contributed by atoms with Crippen molar-refractivity contribution in [2.45, 2.75) is 26.7 Å². The first kappa shape index (κ1) is 20.9. The van der Waals surface area contributed by atoms with Crippen LogP contribution in [-0.4, -0.2) is 30.3 Å². The van der Waals surface area contributed by atoms with E-state index in [9.17, 15) is 14.9 Å². The Morgan fingerprint density at radius 1 is 1.14 bits per heavy atom. The fraction of sp³-hybridized carbons (Fsp3) is 0.300. The van der Waals surface area contributed by atoms with Gasteiger partial charge in [-0.1, -0.05) is 13.3 Å². The highest BCUT2D eigenvalue weighted by Gasteiger charge is 2.09. The van der Waals surface area contributed by atoms with Gasteiger partial charge in [-0.3, -0.25) is 14.9 Å². The molecular formula is C20H23N3O5. The summed E-state index contributed by atoms with van der Waals surface area (Å²) in [5.74, 6) is 0.822. The van der Waals surface area contributed by atoms with Crippen LogP contribution >= 0.6 is 0 Å². The lowest BCUT2D eigenvalue weighted by Gasteiger charge is -2.12. The van der Waals surface area contributed by atoms with Crippen LogP contribution in [0.2, 0.25) is 0 Å². The van der Waals surface area contributed by atoms with Gasteiger partial charge in [0, 0.05) is 17.7 Å². The Hall–Kier alpha value is -3.42. The van der Waals surface area contributed by atoms with E-state index in [0.29, 0.717) is 24.7 Å². The number of nitrogens with zero attached hydrogens (tertiary/aromatic N) is 2. The molecule has 1 amide bonds. The van der Waals surface area contributed by atoms with E-state index in [4.69, 9.17) is 9.47 Å². The average Bonchev–Trinajstić information content (AvgIpc) is 2.70. The molecule has 1 N–H and O–H groups in total. The molecule has 8 nitrogen and oxygen atoms in total. The number of carbonyl (C=O) groups excluding carboxylic acids is 1. The number of nitro benzene ring substituents is 1. The van der Waals surface area contributed by atoms with E-state index in [1.807, 2.05) is 13.0 Å². The third kappa shape index (κ3) is 6.08. The number of ether oxygens (including phenoxy) is 2. The van der Waals surface area contributed by atoms with Gasteiger partial charge in [0.05, 0.1) is 24.4 Å². The van der Waals surface area contributed by atoms with Gasteiger partial charge in [-0.05, 0) is 49.2 Å². The molecule has 0 atom stereocenters. The smallest absolute Gasteiger partial charge is 0.271 e. The largest absolute Gasteiger partial charge is 0.490 e. The van der Waals surface area contributed by atoms with Gasteiger partial charge in [0.15, 0.2) is 11.5 Å². The Labute approximate surface area is 163 Å². The maximum atomic E-state index is 12.0. The fourth-order valence-corrected chi connectivity index (χ4v) is 2.28. The number of hydrogen-bond donors (Lipinski definition) is 1. The Morgan fingerprint density at radius 3 is 2.54 bits per heavy atom. The number of non-ortho nitro benzene ring substituents is 1. The van der Waals surface area contributed by atoms with Gasteiger partial charge in [0.1, 0.15) is 0 Å². The second-order valence-electron chi connectivity index (χ2n) is 5.84. The summed E-state index contributed by atoms with van der Waals surface area (Å²) in [5, 5.41) is 14.6. The van der Waals surface area contributed by atoms with Crippen molar-refractivity contribution in [1.82, 2.24) is 5.43 Å². The lowest BCUT2D eigenvalue weighted by Crippen LogP contribution is -2.17. The maximum absolute atomic E-state index is 12.0. The van der Waals surface area contributed by atoms with Gasteiger partial charge in [-0.25, -0.2) is 5.43 Å². The lowest BCUT2D eigenvalue weighted by atomic mass is 10.2. The van der Waals surface area contributed by atoms with Crippen LogP contribution in [0.3, 0.4) is 0 Å². The summed E-state index contributed by atoms with van der Waals surface area (Å²) in [6.45, 7) is 5.11. The molecule has 28 heavy (non-hydrogen) atoms. The fourth-order valence-electron chi connectivity index (χ4n) is 2.28. The van der Waals surface area contributed by atoms with Crippen LogP contribution < -0.4 is 14.9 Å². The highest BCUT2D eigenvalue weighted by atomic mass is 16.6. The monoisotopic (exact) mass is 385 g/mol. The third-order valence-corrected chi connectivity index (χ3v) is 3.74. The molecule has 0 bridgehead atoms. The molecule has 0 saturated heterocycles. The van der Waals surface area contributed by atoms with Crippen molar-refractivity contribution in [3.63, 3.8) is 0 Å². The van der Waals surface area contributed by atoms with E-state index in [1.165, 1.54) is 30.5 Å². The van der Waals surface area contributed by atoms with Crippen LogP contribution in [0.1, 0.15) is 42.6 Å². The third-order valence-electron chi connectivity index (χ3n) is 3.74. The molecule has 0 radical (unpaired) electrons. The highest BCUT2D eigenvalue weighted by Crippen LogP contribution is 2.28. The van der Waals surface area contributed by atoms with Crippen LogP contribution in [0.5, 0.6) is 11.5 Å². The molecule has 2 rings (SSSR count). The van der Waals surface area contributed by atoms with Crippen molar-refractivity contribution in [3.05, 3.63) is 63.7 Å². The van der Waals surface area contributed by atoms with E-state index in [1.54, 1.807) is 12.1 Å². The number of carbonyl (C=O) groups is 1. The summed E-state index contributed by atoms with van der Waals surface area (Å²) in [5.41, 5.74) is 3.32. The van der Waals surface area contributed by atoms with Gasteiger partial charge in [0.25, 0.3) is 11.6 Å². The summed E-state index contributed by atoms with van der Waals surface area (Å²) in [4.78, 5) is 22.2. The number of amides is 1. The molecule has 0 aliphatic carbocycles. The summed E-state index contributed by atoms with van der Waals surface area (Å²) < 4.78 is 11.3. The molecule has 0 aromatic heterocycles. The number of unbranched alkanes of at least 4 members (excludes halogenated alkanes) is 1. The maximum Gasteiger partial charge on any atom is 0.271 e. The average molecular weight is 385 g/mol. The number of benzene rings is 2. The van der Waals surface area contributed by atoms with Gasteiger partial charge in [-0.15, -0.1) is 0 Å². The molecule has 0 unspecified atom stereocenters. The van der Waals surface area contributed by atoms with E-state index >= 15 is 0 Å². The van der Waals surface area contributed by atoms with Gasteiger partial charge >= 0.3 is 0 Å². The summed E-state index contributed by atoms with van der Waals surface area (Å²) in [6.07, 6.45) is 3.49. The van der Waals surface area contributed by atoms with Gasteiger partial charge < -0.3 is 9.47 Å². The number of rotatable bonds is 10. The van der Waals surface area contributed by atoms with Crippen molar-refractivity contribution in [2.75, 3.05) is 13.2 Å². The first-order chi connectivity index (χ1) is 13.5. The zero-order chi connectivity index (χ0) is 20.4.